The lowest BCUT2D eigenvalue weighted by Crippen LogP contribution is -2.30. The highest BCUT2D eigenvalue weighted by molar-refractivity contribution is 5.94. The van der Waals surface area contributed by atoms with Crippen molar-refractivity contribution < 1.29 is 4.79 Å². The Bertz CT molecular complexity index is 944. The van der Waals surface area contributed by atoms with Gasteiger partial charge < -0.3 is 9.80 Å². The summed E-state index contributed by atoms with van der Waals surface area (Å²) in [5.41, 5.74) is 1.80. The number of anilines is 1. The Kier molecular flexibility index (Phi) is 4.24. The molecule has 1 aliphatic rings. The van der Waals surface area contributed by atoms with E-state index in [1.807, 2.05) is 12.1 Å². The number of aromatic nitrogens is 5. The number of amides is 1. The van der Waals surface area contributed by atoms with Gasteiger partial charge in [0.2, 0.25) is 5.82 Å². The van der Waals surface area contributed by atoms with E-state index in [9.17, 15) is 4.79 Å². The zero-order valence-electron chi connectivity index (χ0n) is 15.0. The molecule has 0 atom stereocenters. The first kappa shape index (κ1) is 16.4. The fraction of sp³-hybridized carbons (Fsp3) is 0.389. The van der Waals surface area contributed by atoms with Gasteiger partial charge in [-0.1, -0.05) is 0 Å². The number of hydrogen-bond donors (Lipinski definition) is 0. The van der Waals surface area contributed by atoms with Crippen molar-refractivity contribution in [3.05, 3.63) is 36.0 Å². The summed E-state index contributed by atoms with van der Waals surface area (Å²) in [7, 11) is 3.45. The van der Waals surface area contributed by atoms with Gasteiger partial charge in [-0.2, -0.15) is 4.52 Å². The van der Waals surface area contributed by atoms with Gasteiger partial charge in [0.25, 0.3) is 5.91 Å². The molecule has 1 fully saturated rings. The predicted molar refractivity (Wildman–Crippen MR) is 98.1 cm³/mol. The fourth-order valence-corrected chi connectivity index (χ4v) is 3.17. The van der Waals surface area contributed by atoms with Gasteiger partial charge in [0.05, 0.1) is 0 Å². The van der Waals surface area contributed by atoms with Crippen molar-refractivity contribution in [2.45, 2.75) is 19.3 Å². The lowest BCUT2D eigenvalue weighted by molar-refractivity contribution is 0.0827. The third kappa shape index (κ3) is 2.98. The molecular weight excluding hydrogens is 330 g/mol. The first-order valence-electron chi connectivity index (χ1n) is 8.79. The first-order chi connectivity index (χ1) is 12.6. The zero-order valence-corrected chi connectivity index (χ0v) is 15.0. The molecule has 0 spiro atoms. The average molecular weight is 351 g/mol. The molecule has 1 amide bonds. The van der Waals surface area contributed by atoms with Gasteiger partial charge in [0, 0.05) is 38.9 Å². The standard InChI is InChI=1S/C18H21N7O/c1-23(2)18(26)13-8-9-19-14(12-13)17-21-20-15-6-7-16(22-25(15)17)24-10-4-3-5-11-24/h6-9,12H,3-5,10-11H2,1-2H3. The minimum absolute atomic E-state index is 0.0792. The molecule has 3 aromatic rings. The molecule has 26 heavy (non-hydrogen) atoms. The molecule has 8 heteroatoms. The van der Waals surface area contributed by atoms with Crippen LogP contribution in [0.2, 0.25) is 0 Å². The molecule has 1 aliphatic heterocycles. The van der Waals surface area contributed by atoms with Crippen LogP contribution in [0.3, 0.4) is 0 Å². The molecule has 0 aromatic carbocycles. The van der Waals surface area contributed by atoms with Crippen LogP contribution in [0.15, 0.2) is 30.5 Å². The lowest BCUT2D eigenvalue weighted by atomic mass is 10.1. The highest BCUT2D eigenvalue weighted by Crippen LogP contribution is 2.21. The second kappa shape index (κ2) is 6.70. The molecular formula is C18H21N7O. The molecule has 8 nitrogen and oxygen atoms in total. The van der Waals surface area contributed by atoms with E-state index in [-0.39, 0.29) is 5.91 Å². The van der Waals surface area contributed by atoms with E-state index >= 15 is 0 Å². The van der Waals surface area contributed by atoms with Gasteiger partial charge in [0.1, 0.15) is 11.5 Å². The Morgan fingerprint density at radius 3 is 2.65 bits per heavy atom. The van der Waals surface area contributed by atoms with Gasteiger partial charge in [0.15, 0.2) is 5.65 Å². The minimum Gasteiger partial charge on any atom is -0.355 e. The Morgan fingerprint density at radius 2 is 1.88 bits per heavy atom. The van der Waals surface area contributed by atoms with Crippen molar-refractivity contribution in [2.24, 2.45) is 0 Å². The maximum Gasteiger partial charge on any atom is 0.253 e. The Morgan fingerprint density at radius 1 is 1.08 bits per heavy atom. The largest absolute Gasteiger partial charge is 0.355 e. The van der Waals surface area contributed by atoms with Crippen LogP contribution < -0.4 is 4.90 Å². The van der Waals surface area contributed by atoms with Crippen molar-refractivity contribution in [3.8, 4) is 11.5 Å². The molecule has 1 saturated heterocycles. The summed E-state index contributed by atoms with van der Waals surface area (Å²) in [6, 6.07) is 7.33. The monoisotopic (exact) mass is 351 g/mol. The SMILES string of the molecule is CN(C)C(=O)c1ccnc(-c2nnc3ccc(N4CCCCC4)nn23)c1. The number of pyridine rings is 1. The van der Waals surface area contributed by atoms with Crippen molar-refractivity contribution in [3.63, 3.8) is 0 Å². The number of hydrogen-bond acceptors (Lipinski definition) is 6. The van der Waals surface area contributed by atoms with Crippen LogP contribution >= 0.6 is 0 Å². The van der Waals surface area contributed by atoms with Crippen LogP contribution in [0.4, 0.5) is 5.82 Å². The summed E-state index contributed by atoms with van der Waals surface area (Å²) in [5.74, 6) is 1.37. The van der Waals surface area contributed by atoms with Crippen LogP contribution in [0.25, 0.3) is 17.2 Å². The molecule has 134 valence electrons. The molecule has 0 radical (unpaired) electrons. The van der Waals surface area contributed by atoms with Crippen molar-refractivity contribution in [1.82, 2.24) is 29.7 Å². The second-order valence-corrected chi connectivity index (χ2v) is 6.66. The van der Waals surface area contributed by atoms with Gasteiger partial charge in [-0.25, -0.2) is 0 Å². The number of nitrogens with zero attached hydrogens (tertiary/aromatic N) is 7. The van der Waals surface area contributed by atoms with E-state index < -0.39 is 0 Å². The topological polar surface area (TPSA) is 79.5 Å². The quantitative estimate of drug-likeness (QED) is 0.717. The predicted octanol–water partition coefficient (Wildman–Crippen LogP) is 1.88. The second-order valence-electron chi connectivity index (χ2n) is 6.66. The van der Waals surface area contributed by atoms with Crippen LogP contribution in [0, 0.1) is 0 Å². The maximum atomic E-state index is 12.2. The fourth-order valence-electron chi connectivity index (χ4n) is 3.17. The van der Waals surface area contributed by atoms with Crippen LogP contribution in [-0.4, -0.2) is 62.8 Å². The maximum absolute atomic E-state index is 12.2. The molecule has 4 heterocycles. The van der Waals surface area contributed by atoms with Crippen molar-refractivity contribution in [1.29, 1.82) is 0 Å². The van der Waals surface area contributed by atoms with E-state index in [1.54, 1.807) is 36.9 Å². The first-order valence-corrected chi connectivity index (χ1v) is 8.79. The summed E-state index contributed by atoms with van der Waals surface area (Å²) >= 11 is 0. The number of carbonyl (C=O) groups is 1. The summed E-state index contributed by atoms with van der Waals surface area (Å²) in [5, 5.41) is 13.2. The van der Waals surface area contributed by atoms with Crippen molar-refractivity contribution >= 4 is 17.4 Å². The van der Waals surface area contributed by atoms with E-state index in [0.717, 1.165) is 18.9 Å². The third-order valence-electron chi connectivity index (χ3n) is 4.57. The van der Waals surface area contributed by atoms with Crippen molar-refractivity contribution in [2.75, 3.05) is 32.1 Å². The molecule has 0 saturated carbocycles. The number of fused-ring (bicyclic) bond motifs is 1. The smallest absolute Gasteiger partial charge is 0.253 e. The molecule has 0 unspecified atom stereocenters. The molecule has 0 aliphatic carbocycles. The number of carbonyl (C=O) groups excluding carboxylic acids is 1. The Hall–Kier alpha value is -3.03. The minimum atomic E-state index is -0.0792. The summed E-state index contributed by atoms with van der Waals surface area (Å²) in [4.78, 5) is 20.4. The average Bonchev–Trinajstić information content (AvgIpc) is 3.11. The van der Waals surface area contributed by atoms with Crippen LogP contribution in [-0.2, 0) is 0 Å². The molecule has 0 N–H and O–H groups in total. The van der Waals surface area contributed by atoms with Crippen LogP contribution in [0.1, 0.15) is 29.6 Å². The van der Waals surface area contributed by atoms with E-state index in [0.29, 0.717) is 22.7 Å². The van der Waals surface area contributed by atoms with Gasteiger partial charge in [-0.3, -0.25) is 9.78 Å². The van der Waals surface area contributed by atoms with E-state index in [1.165, 1.54) is 24.2 Å². The van der Waals surface area contributed by atoms with Gasteiger partial charge >= 0.3 is 0 Å². The number of rotatable bonds is 3. The summed E-state index contributed by atoms with van der Waals surface area (Å²) in [6.07, 6.45) is 5.25. The Labute approximate surface area is 151 Å². The normalized spacial score (nSPS) is 14.6. The molecule has 4 rings (SSSR count). The highest BCUT2D eigenvalue weighted by atomic mass is 16.2. The number of piperidine rings is 1. The third-order valence-corrected chi connectivity index (χ3v) is 4.57. The van der Waals surface area contributed by atoms with Crippen LogP contribution in [0.5, 0.6) is 0 Å². The van der Waals surface area contributed by atoms with E-state index in [2.05, 4.69) is 20.1 Å². The van der Waals surface area contributed by atoms with Gasteiger partial charge in [-0.15, -0.1) is 15.3 Å². The zero-order chi connectivity index (χ0) is 18.1. The van der Waals surface area contributed by atoms with Gasteiger partial charge in [-0.05, 0) is 43.5 Å². The van der Waals surface area contributed by atoms with E-state index in [4.69, 9.17) is 5.10 Å². The summed E-state index contributed by atoms with van der Waals surface area (Å²) < 4.78 is 1.70. The summed E-state index contributed by atoms with van der Waals surface area (Å²) in [6.45, 7) is 2.03. The molecule has 3 aromatic heterocycles. The lowest BCUT2D eigenvalue weighted by Gasteiger charge is -2.27. The highest BCUT2D eigenvalue weighted by Gasteiger charge is 2.17. The Balaban J connectivity index is 1.74. The molecule has 0 bridgehead atoms.